The van der Waals surface area contributed by atoms with Gasteiger partial charge in [-0.15, -0.1) is 12.3 Å². The SMILES string of the molecule is C#CCCC(=O)C(CCC1(C)N=N1)NC(=O)CC[C@@H](C)[C@H]1CC[C@H]2[C@@H]3C(O)C[C@@H]4C[C@H](O)CC[C@]4(C)[C@H]3CC[C@]12C. The number of amides is 1. The van der Waals surface area contributed by atoms with E-state index in [1.54, 1.807) is 0 Å². The molecule has 7 nitrogen and oxygen atoms in total. The third-order valence-electron chi connectivity index (χ3n) is 12.8. The Morgan fingerprint density at radius 3 is 2.39 bits per heavy atom. The van der Waals surface area contributed by atoms with Crippen LogP contribution in [0.3, 0.4) is 0 Å². The molecule has 0 aromatic heterocycles. The molecule has 3 N–H and O–H groups in total. The van der Waals surface area contributed by atoms with Crippen molar-refractivity contribution in [3.8, 4) is 12.3 Å². The zero-order chi connectivity index (χ0) is 29.6. The minimum Gasteiger partial charge on any atom is -0.393 e. The molecule has 11 atom stereocenters. The van der Waals surface area contributed by atoms with Gasteiger partial charge in [0.15, 0.2) is 11.4 Å². The number of hydrogen-bond donors (Lipinski definition) is 3. The number of nitrogens with one attached hydrogen (secondary N) is 1. The summed E-state index contributed by atoms with van der Waals surface area (Å²) < 4.78 is 0. The van der Waals surface area contributed by atoms with Crippen LogP contribution < -0.4 is 5.32 Å². The number of aliphatic hydroxyl groups excluding tert-OH is 2. The Labute approximate surface area is 247 Å². The van der Waals surface area contributed by atoms with Crippen molar-refractivity contribution >= 4 is 11.7 Å². The number of ketones is 1. The van der Waals surface area contributed by atoms with Gasteiger partial charge in [-0.05, 0) is 124 Å². The van der Waals surface area contributed by atoms with Crippen molar-refractivity contribution in [2.75, 3.05) is 0 Å². The van der Waals surface area contributed by atoms with E-state index in [1.807, 2.05) is 6.92 Å². The second kappa shape index (κ2) is 11.7. The highest BCUT2D eigenvalue weighted by atomic mass is 16.3. The van der Waals surface area contributed by atoms with Crippen molar-refractivity contribution in [1.29, 1.82) is 0 Å². The van der Waals surface area contributed by atoms with Crippen molar-refractivity contribution in [2.24, 2.45) is 56.6 Å². The van der Waals surface area contributed by atoms with Crippen LogP contribution in [0.2, 0.25) is 0 Å². The van der Waals surface area contributed by atoms with Crippen molar-refractivity contribution in [3.63, 3.8) is 0 Å². The van der Waals surface area contributed by atoms with Crippen molar-refractivity contribution < 1.29 is 19.8 Å². The molecule has 41 heavy (non-hydrogen) atoms. The third-order valence-corrected chi connectivity index (χ3v) is 12.8. The molecule has 1 amide bonds. The fraction of sp³-hybridized carbons (Fsp3) is 0.882. The molecule has 0 aromatic rings. The standard InChI is InChI=1S/C34H53N3O4/c1-6-7-8-28(39)27(15-18-34(5)36-37-34)35-30(41)12-9-21(2)24-10-11-25-31-26(14-17-33(24,25)4)32(3)16-13-23(38)19-22(32)20-29(31)40/h1,21-27,29,31,38,40H,7-20H2,2-5H3,(H,35,41)/t21-,22+,23-,24-,25+,26+,27?,29?,31+,32+,33-/m1/s1. The van der Waals surface area contributed by atoms with E-state index >= 15 is 0 Å². The topological polar surface area (TPSA) is 111 Å². The second-order valence-corrected chi connectivity index (χ2v) is 15.2. The van der Waals surface area contributed by atoms with E-state index in [4.69, 9.17) is 6.42 Å². The highest BCUT2D eigenvalue weighted by molar-refractivity contribution is 5.89. The number of carbonyl (C=O) groups excluding carboxylic acids is 2. The molecule has 4 aliphatic carbocycles. The predicted octanol–water partition coefficient (Wildman–Crippen LogP) is 5.82. The molecule has 2 unspecified atom stereocenters. The average molecular weight is 568 g/mol. The Bertz CT molecular complexity index is 1060. The summed E-state index contributed by atoms with van der Waals surface area (Å²) in [6.07, 6.45) is 16.3. The predicted molar refractivity (Wildman–Crippen MR) is 159 cm³/mol. The molecular weight excluding hydrogens is 514 g/mol. The molecule has 0 saturated heterocycles. The van der Waals surface area contributed by atoms with Crippen molar-refractivity contribution in [1.82, 2.24) is 5.32 Å². The largest absolute Gasteiger partial charge is 0.393 e. The molecule has 1 heterocycles. The van der Waals surface area contributed by atoms with Crippen LogP contribution in [-0.4, -0.2) is 45.8 Å². The lowest BCUT2D eigenvalue weighted by Gasteiger charge is -2.62. The van der Waals surface area contributed by atoms with Crippen LogP contribution in [0.15, 0.2) is 10.2 Å². The summed E-state index contributed by atoms with van der Waals surface area (Å²) in [6.45, 7) is 9.18. The number of terminal acetylenes is 1. The van der Waals surface area contributed by atoms with Crippen LogP contribution in [0.1, 0.15) is 118 Å². The zero-order valence-corrected chi connectivity index (χ0v) is 25.8. The van der Waals surface area contributed by atoms with Gasteiger partial charge >= 0.3 is 0 Å². The van der Waals surface area contributed by atoms with Crippen molar-refractivity contribution in [2.45, 2.75) is 141 Å². The van der Waals surface area contributed by atoms with E-state index in [0.29, 0.717) is 61.2 Å². The van der Waals surface area contributed by atoms with E-state index in [-0.39, 0.29) is 41.1 Å². The molecule has 1 aliphatic heterocycles. The number of aliphatic hydroxyl groups is 2. The van der Waals surface area contributed by atoms with E-state index < -0.39 is 11.7 Å². The molecule has 0 radical (unpaired) electrons. The molecular formula is C34H53N3O4. The lowest BCUT2D eigenvalue weighted by atomic mass is 9.43. The van der Waals surface area contributed by atoms with Crippen LogP contribution in [0, 0.1) is 58.7 Å². The number of Topliss-reactive ketones (excluding diaryl/α,β-unsaturated/α-hetero) is 1. The lowest BCUT2D eigenvalue weighted by Crippen LogP contribution is -2.58. The summed E-state index contributed by atoms with van der Waals surface area (Å²) in [6, 6.07) is -0.531. The number of fused-ring (bicyclic) bond motifs is 5. The highest BCUT2D eigenvalue weighted by Crippen LogP contribution is 2.68. The second-order valence-electron chi connectivity index (χ2n) is 15.2. The molecule has 4 saturated carbocycles. The Balaban J connectivity index is 1.18. The summed E-state index contributed by atoms with van der Waals surface area (Å²) in [5.41, 5.74) is 0.0231. The first kappa shape index (κ1) is 30.7. The lowest BCUT2D eigenvalue weighted by molar-refractivity contribution is -0.174. The van der Waals surface area contributed by atoms with Gasteiger partial charge < -0.3 is 15.5 Å². The van der Waals surface area contributed by atoms with Crippen LogP contribution in [0.5, 0.6) is 0 Å². The molecule has 7 heteroatoms. The average Bonchev–Trinajstić information content (AvgIpc) is 3.56. The maximum Gasteiger partial charge on any atom is 0.220 e. The monoisotopic (exact) mass is 567 g/mol. The Morgan fingerprint density at radius 2 is 1.68 bits per heavy atom. The molecule has 0 spiro atoms. The van der Waals surface area contributed by atoms with Gasteiger partial charge in [0.1, 0.15) is 0 Å². The number of carbonyl (C=O) groups is 2. The van der Waals surface area contributed by atoms with Gasteiger partial charge in [-0.1, -0.05) is 20.8 Å². The molecule has 0 aromatic carbocycles. The van der Waals surface area contributed by atoms with Crippen LogP contribution >= 0.6 is 0 Å². The molecule has 0 bridgehead atoms. The van der Waals surface area contributed by atoms with E-state index in [1.165, 1.54) is 19.3 Å². The molecule has 228 valence electrons. The van der Waals surface area contributed by atoms with Gasteiger partial charge in [0, 0.05) is 19.3 Å². The van der Waals surface area contributed by atoms with Gasteiger partial charge in [0.05, 0.1) is 18.2 Å². The minimum absolute atomic E-state index is 0.00838. The summed E-state index contributed by atoms with van der Waals surface area (Å²) in [5.74, 6) is 5.26. The van der Waals surface area contributed by atoms with Crippen molar-refractivity contribution in [3.05, 3.63) is 0 Å². The van der Waals surface area contributed by atoms with Gasteiger partial charge in [-0.25, -0.2) is 0 Å². The maximum absolute atomic E-state index is 13.1. The smallest absolute Gasteiger partial charge is 0.220 e. The van der Waals surface area contributed by atoms with Gasteiger partial charge in [0.2, 0.25) is 5.91 Å². The first-order valence-corrected chi connectivity index (χ1v) is 16.5. The number of nitrogens with zero attached hydrogens (tertiary/aromatic N) is 2. The van der Waals surface area contributed by atoms with Crippen LogP contribution in [-0.2, 0) is 9.59 Å². The summed E-state index contributed by atoms with van der Waals surface area (Å²) >= 11 is 0. The van der Waals surface area contributed by atoms with Gasteiger partial charge in [0.25, 0.3) is 0 Å². The summed E-state index contributed by atoms with van der Waals surface area (Å²) in [4.78, 5) is 25.9. The number of rotatable bonds is 11. The Morgan fingerprint density at radius 1 is 0.976 bits per heavy atom. The minimum atomic E-state index is -0.531. The number of hydrogen-bond acceptors (Lipinski definition) is 6. The molecule has 5 rings (SSSR count). The maximum atomic E-state index is 13.1. The van der Waals surface area contributed by atoms with Crippen LogP contribution in [0.4, 0.5) is 0 Å². The van der Waals surface area contributed by atoms with Gasteiger partial charge in [-0.2, -0.15) is 10.2 Å². The fourth-order valence-corrected chi connectivity index (χ4v) is 10.3. The summed E-state index contributed by atoms with van der Waals surface area (Å²) in [5, 5.41) is 33.0. The van der Waals surface area contributed by atoms with E-state index in [9.17, 15) is 19.8 Å². The normalized spacial score (nSPS) is 41.7. The highest BCUT2D eigenvalue weighted by Gasteiger charge is 2.62. The molecule has 4 fully saturated rings. The Kier molecular flexibility index (Phi) is 8.77. The Hall–Kier alpha value is -1.78. The van der Waals surface area contributed by atoms with E-state index in [0.717, 1.165) is 38.5 Å². The molecule has 5 aliphatic rings. The third kappa shape index (κ3) is 6.03. The van der Waals surface area contributed by atoms with Gasteiger partial charge in [-0.3, -0.25) is 9.59 Å². The zero-order valence-electron chi connectivity index (χ0n) is 25.8. The summed E-state index contributed by atoms with van der Waals surface area (Å²) in [7, 11) is 0. The quantitative estimate of drug-likeness (QED) is 0.273. The fourth-order valence-electron chi connectivity index (χ4n) is 10.3. The van der Waals surface area contributed by atoms with E-state index in [2.05, 4.69) is 42.2 Å². The van der Waals surface area contributed by atoms with Crippen LogP contribution in [0.25, 0.3) is 0 Å². The first-order chi connectivity index (χ1) is 19.4. The first-order valence-electron chi connectivity index (χ1n) is 16.5.